The molecule has 0 aliphatic heterocycles. The number of rotatable bonds is 5. The molecule has 22 heavy (non-hydrogen) atoms. The fraction of sp³-hybridized carbons (Fsp3) is 0.438. The zero-order valence-electron chi connectivity index (χ0n) is 12.6. The second-order valence-corrected chi connectivity index (χ2v) is 5.40. The van der Waals surface area contributed by atoms with E-state index < -0.39 is 0 Å². The fourth-order valence-corrected chi connectivity index (χ4v) is 2.45. The van der Waals surface area contributed by atoms with Gasteiger partial charge in [-0.25, -0.2) is 0 Å². The Labute approximate surface area is 129 Å². The summed E-state index contributed by atoms with van der Waals surface area (Å²) in [7, 11) is 0. The van der Waals surface area contributed by atoms with Crippen LogP contribution in [0.2, 0.25) is 0 Å². The van der Waals surface area contributed by atoms with Crippen LogP contribution >= 0.6 is 0 Å². The van der Waals surface area contributed by atoms with E-state index in [1.54, 1.807) is 24.3 Å². The Morgan fingerprint density at radius 2 is 1.59 bits per heavy atom. The van der Waals surface area contributed by atoms with Crippen LogP contribution in [0.3, 0.4) is 0 Å². The molecule has 1 fully saturated rings. The minimum atomic E-state index is -0.376. The number of hydrogen-bond acceptors (Lipinski definition) is 4. The first-order chi connectivity index (χ1) is 10.5. The highest BCUT2D eigenvalue weighted by Crippen LogP contribution is 2.25. The molecule has 2 N–H and O–H groups in total. The zero-order chi connectivity index (χ0) is 15.9. The largest absolute Gasteiger partial charge is 0.455 e. The third kappa shape index (κ3) is 4.87. The van der Waals surface area contributed by atoms with Gasteiger partial charge in [0.25, 0.3) is 5.91 Å². The molecule has 0 heterocycles. The lowest BCUT2D eigenvalue weighted by molar-refractivity contribution is -0.151. The molecule has 1 aliphatic carbocycles. The number of amides is 2. The monoisotopic (exact) mass is 304 g/mol. The maximum absolute atomic E-state index is 11.7. The van der Waals surface area contributed by atoms with Crippen LogP contribution in [0.15, 0.2) is 24.3 Å². The molecule has 6 heteroatoms. The highest BCUT2D eigenvalue weighted by atomic mass is 16.5. The van der Waals surface area contributed by atoms with Gasteiger partial charge in [0.1, 0.15) is 0 Å². The Balaban J connectivity index is 1.76. The number of nitrogens with one attached hydrogen (secondary N) is 2. The number of ether oxygens (including phenoxy) is 1. The molecule has 0 saturated heterocycles. The van der Waals surface area contributed by atoms with E-state index in [0.717, 1.165) is 25.7 Å². The molecular weight excluding hydrogens is 284 g/mol. The highest BCUT2D eigenvalue weighted by Gasteiger charge is 2.24. The topological polar surface area (TPSA) is 84.5 Å². The highest BCUT2D eigenvalue weighted by molar-refractivity contribution is 5.93. The Hall–Kier alpha value is -2.37. The van der Waals surface area contributed by atoms with Gasteiger partial charge in [-0.15, -0.1) is 0 Å². The second-order valence-electron chi connectivity index (χ2n) is 5.40. The molecule has 0 bridgehead atoms. The lowest BCUT2D eigenvalue weighted by Gasteiger charge is -2.10. The van der Waals surface area contributed by atoms with E-state index in [9.17, 15) is 14.4 Å². The van der Waals surface area contributed by atoms with E-state index in [-0.39, 0.29) is 30.3 Å². The van der Waals surface area contributed by atoms with Gasteiger partial charge in [-0.2, -0.15) is 0 Å². The third-order valence-electron chi connectivity index (χ3n) is 3.52. The Morgan fingerprint density at radius 3 is 2.14 bits per heavy atom. The van der Waals surface area contributed by atoms with Crippen molar-refractivity contribution in [1.82, 2.24) is 0 Å². The molecule has 118 valence electrons. The van der Waals surface area contributed by atoms with Crippen molar-refractivity contribution in [3.8, 4) is 0 Å². The van der Waals surface area contributed by atoms with Gasteiger partial charge in [-0.05, 0) is 37.1 Å². The maximum atomic E-state index is 11.7. The van der Waals surface area contributed by atoms with Gasteiger partial charge in [0.2, 0.25) is 5.91 Å². The number of carbonyl (C=O) groups is 3. The smallest absolute Gasteiger partial charge is 0.309 e. The Bertz CT molecular complexity index is 548. The lowest BCUT2D eigenvalue weighted by Crippen LogP contribution is -2.23. The lowest BCUT2D eigenvalue weighted by atomic mass is 10.1. The van der Waals surface area contributed by atoms with Crippen molar-refractivity contribution in [3.05, 3.63) is 24.3 Å². The van der Waals surface area contributed by atoms with E-state index in [1.165, 1.54) is 6.92 Å². The standard InChI is InChI=1S/C16H20N2O4/c1-11(19)17-13-6-8-14(9-7-13)18-15(20)10-22-16(21)12-4-2-3-5-12/h6-9,12H,2-5,10H2,1H3,(H,17,19)(H,18,20). The number of carbonyl (C=O) groups excluding carboxylic acids is 3. The van der Waals surface area contributed by atoms with Crippen molar-refractivity contribution in [2.45, 2.75) is 32.6 Å². The van der Waals surface area contributed by atoms with Crippen LogP contribution in [-0.2, 0) is 19.1 Å². The van der Waals surface area contributed by atoms with E-state index in [2.05, 4.69) is 10.6 Å². The van der Waals surface area contributed by atoms with Gasteiger partial charge in [0.05, 0.1) is 5.92 Å². The molecule has 6 nitrogen and oxygen atoms in total. The zero-order valence-corrected chi connectivity index (χ0v) is 12.6. The molecule has 2 amide bonds. The average molecular weight is 304 g/mol. The van der Waals surface area contributed by atoms with Crippen molar-refractivity contribution >= 4 is 29.2 Å². The van der Waals surface area contributed by atoms with Crippen LogP contribution < -0.4 is 10.6 Å². The van der Waals surface area contributed by atoms with E-state index in [0.29, 0.717) is 11.4 Å². The summed E-state index contributed by atoms with van der Waals surface area (Å²) in [5, 5.41) is 5.28. The van der Waals surface area contributed by atoms with Crippen LogP contribution in [-0.4, -0.2) is 24.4 Å². The predicted octanol–water partition coefficient (Wildman–Crippen LogP) is 2.32. The summed E-state index contributed by atoms with van der Waals surface area (Å²) in [4.78, 5) is 34.3. The molecule has 1 aromatic rings. The van der Waals surface area contributed by atoms with E-state index in [4.69, 9.17) is 4.74 Å². The van der Waals surface area contributed by atoms with Crippen LogP contribution in [0.4, 0.5) is 11.4 Å². The Kier molecular flexibility index (Phi) is 5.52. The summed E-state index contributed by atoms with van der Waals surface area (Å²) in [5.41, 5.74) is 1.23. The van der Waals surface area contributed by atoms with Crippen LogP contribution in [0.5, 0.6) is 0 Å². The minimum absolute atomic E-state index is 0.0512. The fourth-order valence-electron chi connectivity index (χ4n) is 2.45. The van der Waals surface area contributed by atoms with Crippen LogP contribution in [0, 0.1) is 5.92 Å². The minimum Gasteiger partial charge on any atom is -0.455 e. The van der Waals surface area contributed by atoms with Gasteiger partial charge in [-0.3, -0.25) is 14.4 Å². The molecule has 1 aliphatic rings. The van der Waals surface area contributed by atoms with Crippen LogP contribution in [0.1, 0.15) is 32.6 Å². The first-order valence-electron chi connectivity index (χ1n) is 7.39. The summed E-state index contributed by atoms with van der Waals surface area (Å²) in [6.07, 6.45) is 3.80. The number of hydrogen-bond donors (Lipinski definition) is 2. The summed E-state index contributed by atoms with van der Waals surface area (Å²) < 4.78 is 5.03. The van der Waals surface area contributed by atoms with Crippen molar-refractivity contribution in [3.63, 3.8) is 0 Å². The quantitative estimate of drug-likeness (QED) is 0.818. The first kappa shape index (κ1) is 16.0. The van der Waals surface area contributed by atoms with E-state index >= 15 is 0 Å². The molecule has 0 radical (unpaired) electrons. The van der Waals surface area contributed by atoms with Gasteiger partial charge in [0, 0.05) is 18.3 Å². The van der Waals surface area contributed by atoms with E-state index in [1.807, 2.05) is 0 Å². The summed E-state index contributed by atoms with van der Waals surface area (Å²) in [6.45, 7) is 1.15. The number of esters is 1. The molecule has 0 aromatic heterocycles. The molecule has 0 unspecified atom stereocenters. The maximum Gasteiger partial charge on any atom is 0.309 e. The van der Waals surface area contributed by atoms with Crippen molar-refractivity contribution in [2.75, 3.05) is 17.2 Å². The van der Waals surface area contributed by atoms with Crippen molar-refractivity contribution < 1.29 is 19.1 Å². The number of anilines is 2. The van der Waals surface area contributed by atoms with Crippen molar-refractivity contribution in [1.29, 1.82) is 0 Å². The van der Waals surface area contributed by atoms with Crippen LogP contribution in [0.25, 0.3) is 0 Å². The predicted molar refractivity (Wildman–Crippen MR) is 82.3 cm³/mol. The molecular formula is C16H20N2O4. The summed E-state index contributed by atoms with van der Waals surface area (Å²) in [5.74, 6) is -0.868. The second kappa shape index (κ2) is 7.59. The van der Waals surface area contributed by atoms with Gasteiger partial charge in [-0.1, -0.05) is 12.8 Å². The van der Waals surface area contributed by atoms with Gasteiger partial charge in [0.15, 0.2) is 6.61 Å². The molecule has 1 saturated carbocycles. The Morgan fingerprint density at radius 1 is 1.05 bits per heavy atom. The summed E-state index contributed by atoms with van der Waals surface area (Å²) in [6, 6.07) is 6.70. The van der Waals surface area contributed by atoms with Gasteiger partial charge < -0.3 is 15.4 Å². The molecule has 0 atom stereocenters. The molecule has 1 aromatic carbocycles. The van der Waals surface area contributed by atoms with Gasteiger partial charge >= 0.3 is 5.97 Å². The number of benzene rings is 1. The van der Waals surface area contributed by atoms with Crippen molar-refractivity contribution in [2.24, 2.45) is 5.92 Å². The summed E-state index contributed by atoms with van der Waals surface area (Å²) >= 11 is 0. The average Bonchev–Trinajstić information content (AvgIpc) is 3.00. The SMILES string of the molecule is CC(=O)Nc1ccc(NC(=O)COC(=O)C2CCCC2)cc1. The molecule has 2 rings (SSSR count). The molecule has 0 spiro atoms. The third-order valence-corrected chi connectivity index (χ3v) is 3.52. The first-order valence-corrected chi connectivity index (χ1v) is 7.39. The normalized spacial score (nSPS) is 14.4.